The zero-order valence-corrected chi connectivity index (χ0v) is 17.7. The lowest BCUT2D eigenvalue weighted by Gasteiger charge is -2.38. The minimum atomic E-state index is 0.130. The highest BCUT2D eigenvalue weighted by molar-refractivity contribution is 5.98. The Morgan fingerprint density at radius 1 is 1.10 bits per heavy atom. The number of carbonyl (C=O) groups is 1. The number of fused-ring (bicyclic) bond motifs is 2. The number of nitrogens with zero attached hydrogens (tertiary/aromatic N) is 1. The van der Waals surface area contributed by atoms with Crippen LogP contribution in [0.25, 0.3) is 10.9 Å². The third-order valence-corrected chi connectivity index (χ3v) is 7.02. The van der Waals surface area contributed by atoms with E-state index >= 15 is 0 Å². The highest BCUT2D eigenvalue weighted by Gasteiger charge is 2.32. The van der Waals surface area contributed by atoms with Gasteiger partial charge < -0.3 is 15.2 Å². The lowest BCUT2D eigenvalue weighted by molar-refractivity contribution is 0.0620. The zero-order valence-electron chi connectivity index (χ0n) is 17.7. The second kappa shape index (κ2) is 8.27. The van der Waals surface area contributed by atoms with Gasteiger partial charge in [0.15, 0.2) is 0 Å². The molecule has 0 aliphatic heterocycles. The third-order valence-electron chi connectivity index (χ3n) is 7.02. The van der Waals surface area contributed by atoms with Crippen molar-refractivity contribution in [1.29, 1.82) is 0 Å². The molecule has 3 aromatic rings. The van der Waals surface area contributed by atoms with E-state index in [2.05, 4.69) is 52.5 Å². The van der Waals surface area contributed by atoms with Crippen LogP contribution in [0.1, 0.15) is 66.7 Å². The van der Waals surface area contributed by atoms with Gasteiger partial charge in [-0.25, -0.2) is 0 Å². The summed E-state index contributed by atoms with van der Waals surface area (Å²) in [4.78, 5) is 18.7. The molecule has 0 spiro atoms. The van der Waals surface area contributed by atoms with E-state index in [0.717, 1.165) is 30.3 Å². The van der Waals surface area contributed by atoms with Gasteiger partial charge in [0.05, 0.1) is 0 Å². The van der Waals surface area contributed by atoms with Crippen LogP contribution in [0.2, 0.25) is 0 Å². The number of hydrogen-bond donors (Lipinski definition) is 2. The molecule has 3 atom stereocenters. The Labute approximate surface area is 178 Å². The van der Waals surface area contributed by atoms with Gasteiger partial charge in [-0.05, 0) is 68.7 Å². The maximum Gasteiger partial charge on any atom is 0.270 e. The van der Waals surface area contributed by atoms with E-state index in [9.17, 15) is 4.79 Å². The molecule has 156 valence electrons. The fourth-order valence-corrected chi connectivity index (χ4v) is 5.52. The van der Waals surface area contributed by atoms with Crippen LogP contribution >= 0.6 is 0 Å². The maximum absolute atomic E-state index is 13.3. The molecule has 5 rings (SSSR count). The molecule has 2 aliphatic carbocycles. The highest BCUT2D eigenvalue weighted by atomic mass is 16.2. The van der Waals surface area contributed by atoms with Gasteiger partial charge in [0, 0.05) is 35.6 Å². The first-order valence-corrected chi connectivity index (χ1v) is 11.5. The van der Waals surface area contributed by atoms with Crippen molar-refractivity contribution in [2.45, 2.75) is 63.6 Å². The summed E-state index contributed by atoms with van der Waals surface area (Å²) >= 11 is 0. The van der Waals surface area contributed by atoms with E-state index in [1.807, 2.05) is 24.3 Å². The quantitative estimate of drug-likeness (QED) is 0.616. The van der Waals surface area contributed by atoms with Crippen LogP contribution in [0.15, 0.2) is 54.6 Å². The molecule has 1 amide bonds. The number of para-hydroxylation sites is 1. The number of benzene rings is 2. The number of aromatic nitrogens is 1. The van der Waals surface area contributed by atoms with Crippen LogP contribution in [0, 0.1) is 0 Å². The molecule has 1 saturated carbocycles. The topological polar surface area (TPSA) is 48.1 Å². The Morgan fingerprint density at radius 2 is 1.93 bits per heavy atom. The van der Waals surface area contributed by atoms with Crippen molar-refractivity contribution in [2.75, 3.05) is 6.54 Å². The Morgan fingerprint density at radius 3 is 2.80 bits per heavy atom. The number of amides is 1. The zero-order chi connectivity index (χ0) is 20.5. The minimum absolute atomic E-state index is 0.130. The fourth-order valence-electron chi connectivity index (χ4n) is 5.52. The first-order valence-electron chi connectivity index (χ1n) is 11.5. The first-order chi connectivity index (χ1) is 14.7. The van der Waals surface area contributed by atoms with Crippen molar-refractivity contribution in [3.8, 4) is 0 Å². The average molecular weight is 402 g/mol. The molecule has 1 fully saturated rings. The van der Waals surface area contributed by atoms with Crippen molar-refractivity contribution in [3.05, 3.63) is 71.4 Å². The largest absolute Gasteiger partial charge is 0.351 e. The van der Waals surface area contributed by atoms with Gasteiger partial charge in [0.2, 0.25) is 0 Å². The number of aromatic amines is 1. The van der Waals surface area contributed by atoms with E-state index in [1.54, 1.807) is 0 Å². The summed E-state index contributed by atoms with van der Waals surface area (Å²) in [5, 5.41) is 5.03. The number of nitrogens with one attached hydrogen (secondary N) is 2. The summed E-state index contributed by atoms with van der Waals surface area (Å²) in [5.41, 5.74) is 4.70. The normalized spacial score (nSPS) is 23.4. The monoisotopic (exact) mass is 401 g/mol. The summed E-state index contributed by atoms with van der Waals surface area (Å²) in [7, 11) is 0. The Balaban J connectivity index is 1.29. The predicted octanol–water partition coefficient (Wildman–Crippen LogP) is 5.22. The molecule has 4 nitrogen and oxygen atoms in total. The van der Waals surface area contributed by atoms with Crippen molar-refractivity contribution >= 4 is 16.8 Å². The molecule has 0 bridgehead atoms. The van der Waals surface area contributed by atoms with Gasteiger partial charge in [0.25, 0.3) is 5.91 Å². The lowest BCUT2D eigenvalue weighted by Crippen LogP contribution is -2.47. The number of H-pyrrole nitrogens is 1. The number of rotatable bonds is 5. The minimum Gasteiger partial charge on any atom is -0.351 e. The van der Waals surface area contributed by atoms with Crippen molar-refractivity contribution < 1.29 is 4.79 Å². The summed E-state index contributed by atoms with van der Waals surface area (Å²) in [5.74, 6) is 0.130. The van der Waals surface area contributed by atoms with Crippen LogP contribution < -0.4 is 5.32 Å². The van der Waals surface area contributed by atoms with Crippen LogP contribution in [0.3, 0.4) is 0 Å². The Bertz CT molecular complexity index is 1010. The molecule has 2 N–H and O–H groups in total. The van der Waals surface area contributed by atoms with Gasteiger partial charge in [0.1, 0.15) is 5.69 Å². The Kier molecular flexibility index (Phi) is 5.34. The molecule has 0 saturated heterocycles. The molecule has 1 heterocycles. The van der Waals surface area contributed by atoms with Crippen molar-refractivity contribution in [1.82, 2.24) is 15.2 Å². The SMILES string of the molecule is CCN(C(=O)c1cc2ccccc2[nH]1)[C@@H]1CCC[C@@H](N[C@@H]2CCc3ccccc32)C1. The van der Waals surface area contributed by atoms with Crippen LogP contribution in [-0.2, 0) is 6.42 Å². The summed E-state index contributed by atoms with van der Waals surface area (Å²) < 4.78 is 0. The predicted molar refractivity (Wildman–Crippen MR) is 122 cm³/mol. The Hall–Kier alpha value is -2.59. The average Bonchev–Trinajstić information content (AvgIpc) is 3.39. The highest BCUT2D eigenvalue weighted by Crippen LogP contribution is 2.33. The molecule has 4 heteroatoms. The van der Waals surface area contributed by atoms with E-state index in [-0.39, 0.29) is 5.91 Å². The molecule has 2 aliphatic rings. The number of hydrogen-bond acceptors (Lipinski definition) is 2. The molecule has 0 unspecified atom stereocenters. The standard InChI is InChI=1S/C26H31N3O/c1-2-29(26(30)25-16-19-9-4-6-13-23(19)28-25)21-11-7-10-20(17-21)27-24-15-14-18-8-3-5-12-22(18)24/h3-6,8-9,12-13,16,20-21,24,27-28H,2,7,10-11,14-15,17H2,1H3/t20-,21-,24-/m1/s1. The molecule has 0 radical (unpaired) electrons. The number of carbonyl (C=O) groups excluding carboxylic acids is 1. The summed E-state index contributed by atoms with van der Waals surface area (Å²) in [6.45, 7) is 2.85. The van der Waals surface area contributed by atoms with Gasteiger partial charge >= 0.3 is 0 Å². The van der Waals surface area contributed by atoms with E-state index < -0.39 is 0 Å². The maximum atomic E-state index is 13.3. The smallest absolute Gasteiger partial charge is 0.270 e. The van der Waals surface area contributed by atoms with Crippen LogP contribution in [0.4, 0.5) is 0 Å². The second-order valence-electron chi connectivity index (χ2n) is 8.84. The van der Waals surface area contributed by atoms with E-state index in [0.29, 0.717) is 23.8 Å². The van der Waals surface area contributed by atoms with Crippen LogP contribution in [-0.4, -0.2) is 34.4 Å². The third kappa shape index (κ3) is 3.65. The molecule has 30 heavy (non-hydrogen) atoms. The first kappa shape index (κ1) is 19.4. The van der Waals surface area contributed by atoms with Crippen molar-refractivity contribution in [2.24, 2.45) is 0 Å². The van der Waals surface area contributed by atoms with Crippen LogP contribution in [0.5, 0.6) is 0 Å². The van der Waals surface area contributed by atoms with E-state index in [1.165, 1.54) is 36.8 Å². The summed E-state index contributed by atoms with van der Waals surface area (Å²) in [6.07, 6.45) is 6.87. The van der Waals surface area contributed by atoms with Gasteiger partial charge in [-0.3, -0.25) is 4.79 Å². The molecular formula is C26H31N3O. The van der Waals surface area contributed by atoms with Crippen molar-refractivity contribution in [3.63, 3.8) is 0 Å². The molecule has 2 aromatic carbocycles. The lowest BCUT2D eigenvalue weighted by atomic mass is 9.89. The van der Waals surface area contributed by atoms with E-state index in [4.69, 9.17) is 0 Å². The molecule has 1 aromatic heterocycles. The van der Waals surface area contributed by atoms with Gasteiger partial charge in [-0.2, -0.15) is 0 Å². The van der Waals surface area contributed by atoms with Gasteiger partial charge in [-0.15, -0.1) is 0 Å². The second-order valence-corrected chi connectivity index (χ2v) is 8.84. The summed E-state index contributed by atoms with van der Waals surface area (Å²) in [6, 6.07) is 20.2. The fraction of sp³-hybridized carbons (Fsp3) is 0.423. The number of aryl methyl sites for hydroxylation is 1. The van der Waals surface area contributed by atoms with Gasteiger partial charge in [-0.1, -0.05) is 42.5 Å². The molecular weight excluding hydrogens is 370 g/mol.